The minimum atomic E-state index is 0.292. The molecule has 0 radical (unpaired) electrons. The first-order valence-corrected chi connectivity index (χ1v) is 1.70. The van der Waals surface area contributed by atoms with Gasteiger partial charge in [-0.25, -0.2) is 0 Å². The second kappa shape index (κ2) is 1.61. The average Bonchev–Trinajstić information content (AvgIpc) is 2.14. The molecule has 38 valence electrons. The zero-order valence-corrected chi connectivity index (χ0v) is 3.50. The monoisotopic (exact) mass is 100 g/mol. The van der Waals surface area contributed by atoms with Crippen LogP contribution in [-0.2, 0) is 0 Å². The Morgan fingerprint density at radius 3 is 3.00 bits per heavy atom. The Morgan fingerprint density at radius 2 is 2.71 bits per heavy atom. The molecule has 0 unspecified atom stereocenters. The largest absolute Gasteiger partial charge is 0.388 e. The number of nitrogens with zero attached hydrogens (tertiary/aromatic N) is 1. The van der Waals surface area contributed by atoms with Crippen LogP contribution in [0.3, 0.4) is 0 Å². The van der Waals surface area contributed by atoms with Crippen molar-refractivity contribution in [2.24, 2.45) is 5.90 Å². The quantitative estimate of drug-likeness (QED) is 0.501. The fourth-order valence-electron chi connectivity index (χ4n) is 0.262. The molecule has 1 aromatic rings. The highest BCUT2D eigenvalue weighted by atomic mass is 16.6. The van der Waals surface area contributed by atoms with E-state index in [0.29, 0.717) is 5.88 Å². The number of hydrogen-bond acceptors (Lipinski definition) is 4. The van der Waals surface area contributed by atoms with Crippen LogP contribution in [0.15, 0.2) is 16.9 Å². The lowest BCUT2D eigenvalue weighted by atomic mass is 10.7. The summed E-state index contributed by atoms with van der Waals surface area (Å²) in [4.78, 5) is 4.15. The van der Waals surface area contributed by atoms with E-state index in [1.54, 1.807) is 0 Å². The minimum Gasteiger partial charge on any atom is -0.388 e. The topological polar surface area (TPSA) is 61.3 Å². The molecular formula is C3H4N2O2. The third kappa shape index (κ3) is 0.690. The molecule has 0 spiro atoms. The van der Waals surface area contributed by atoms with Gasteiger partial charge in [0.25, 0.3) is 5.88 Å². The van der Waals surface area contributed by atoms with Crippen LogP contribution >= 0.6 is 0 Å². The van der Waals surface area contributed by atoms with Gasteiger partial charge in [0, 0.05) is 6.07 Å². The highest BCUT2D eigenvalue weighted by Crippen LogP contribution is 1.99. The molecular weight excluding hydrogens is 96.0 g/mol. The molecule has 1 aromatic heterocycles. The van der Waals surface area contributed by atoms with Crippen molar-refractivity contribution in [3.8, 4) is 5.88 Å². The molecule has 0 amide bonds. The van der Waals surface area contributed by atoms with Gasteiger partial charge < -0.3 is 9.36 Å². The number of nitrogens with two attached hydrogens (primary N) is 1. The molecule has 0 atom stereocenters. The Labute approximate surface area is 39.8 Å². The van der Waals surface area contributed by atoms with Crippen molar-refractivity contribution in [2.75, 3.05) is 0 Å². The van der Waals surface area contributed by atoms with Gasteiger partial charge in [-0.1, -0.05) is 0 Å². The van der Waals surface area contributed by atoms with Crippen molar-refractivity contribution >= 4 is 0 Å². The maximum absolute atomic E-state index is 4.67. The predicted octanol–water partition coefficient (Wildman–Crippen LogP) is -0.0729. The van der Waals surface area contributed by atoms with Crippen LogP contribution < -0.4 is 10.7 Å². The Morgan fingerprint density at radius 1 is 1.86 bits per heavy atom. The van der Waals surface area contributed by atoms with Crippen molar-refractivity contribution < 1.29 is 9.36 Å². The lowest BCUT2D eigenvalue weighted by Crippen LogP contribution is -2.01. The summed E-state index contributed by atoms with van der Waals surface area (Å²) < 4.78 is 4.35. The zero-order valence-electron chi connectivity index (χ0n) is 3.50. The van der Waals surface area contributed by atoms with E-state index < -0.39 is 0 Å². The molecule has 7 heavy (non-hydrogen) atoms. The van der Waals surface area contributed by atoms with E-state index in [4.69, 9.17) is 0 Å². The third-order valence-corrected chi connectivity index (χ3v) is 0.535. The molecule has 0 saturated carbocycles. The molecule has 1 rings (SSSR count). The molecule has 4 nitrogen and oxygen atoms in total. The molecule has 1 heterocycles. The van der Waals surface area contributed by atoms with Gasteiger partial charge in [-0.2, -0.15) is 5.90 Å². The van der Waals surface area contributed by atoms with Gasteiger partial charge in [-0.05, 0) is 5.16 Å². The SMILES string of the molecule is NOc1ccon1. The molecule has 2 N–H and O–H groups in total. The first kappa shape index (κ1) is 4.14. The van der Waals surface area contributed by atoms with Crippen LogP contribution in [0.1, 0.15) is 0 Å². The van der Waals surface area contributed by atoms with E-state index in [9.17, 15) is 0 Å². The first-order chi connectivity index (χ1) is 3.43. The van der Waals surface area contributed by atoms with Crippen molar-refractivity contribution in [1.29, 1.82) is 0 Å². The molecule has 0 aromatic carbocycles. The van der Waals surface area contributed by atoms with Crippen molar-refractivity contribution in [3.63, 3.8) is 0 Å². The van der Waals surface area contributed by atoms with E-state index in [2.05, 4.69) is 20.4 Å². The Bertz CT molecular complexity index is 125. The van der Waals surface area contributed by atoms with Gasteiger partial charge in [0.2, 0.25) is 0 Å². The molecule has 4 heteroatoms. The molecule has 0 bridgehead atoms. The minimum absolute atomic E-state index is 0.292. The van der Waals surface area contributed by atoms with Gasteiger partial charge in [0.1, 0.15) is 6.26 Å². The number of rotatable bonds is 1. The first-order valence-electron chi connectivity index (χ1n) is 1.70. The van der Waals surface area contributed by atoms with Crippen LogP contribution in [0.4, 0.5) is 0 Å². The van der Waals surface area contributed by atoms with Crippen molar-refractivity contribution in [1.82, 2.24) is 5.16 Å². The van der Waals surface area contributed by atoms with E-state index >= 15 is 0 Å². The van der Waals surface area contributed by atoms with Gasteiger partial charge in [0.05, 0.1) is 0 Å². The second-order valence-electron chi connectivity index (χ2n) is 0.956. The molecule has 0 fully saturated rings. The van der Waals surface area contributed by atoms with Crippen LogP contribution in [-0.4, -0.2) is 5.16 Å². The van der Waals surface area contributed by atoms with Gasteiger partial charge in [-0.15, -0.1) is 0 Å². The number of hydrogen-bond donors (Lipinski definition) is 1. The zero-order chi connectivity index (χ0) is 5.11. The predicted molar refractivity (Wildman–Crippen MR) is 21.3 cm³/mol. The Balaban J connectivity index is 2.76. The summed E-state index contributed by atoms with van der Waals surface area (Å²) in [5.74, 6) is 4.96. The standard InChI is InChI=1S/C3H4N2O2/c4-7-3-1-2-6-5-3/h1-2H,4H2. The fraction of sp³-hybridized carbons (Fsp3) is 0. The Kier molecular flexibility index (Phi) is 0.953. The maximum atomic E-state index is 4.67. The molecule has 0 aliphatic carbocycles. The van der Waals surface area contributed by atoms with Crippen LogP contribution in [0.5, 0.6) is 5.88 Å². The van der Waals surface area contributed by atoms with Gasteiger partial charge >= 0.3 is 0 Å². The summed E-state index contributed by atoms with van der Waals surface area (Å²) in [5.41, 5.74) is 0. The highest BCUT2D eigenvalue weighted by molar-refractivity contribution is 5.00. The summed E-state index contributed by atoms with van der Waals surface area (Å²) in [6.07, 6.45) is 1.38. The molecule has 0 saturated heterocycles. The lowest BCUT2D eigenvalue weighted by molar-refractivity contribution is 0.289. The van der Waals surface area contributed by atoms with E-state index in [1.807, 2.05) is 0 Å². The Hall–Kier alpha value is -1.03. The normalized spacial score (nSPS) is 8.71. The highest BCUT2D eigenvalue weighted by Gasteiger charge is 1.88. The van der Waals surface area contributed by atoms with Gasteiger partial charge in [0.15, 0.2) is 0 Å². The second-order valence-corrected chi connectivity index (χ2v) is 0.956. The average molecular weight is 100 g/mol. The maximum Gasteiger partial charge on any atom is 0.276 e. The molecule has 0 aliphatic heterocycles. The van der Waals surface area contributed by atoms with E-state index in [-0.39, 0.29) is 0 Å². The smallest absolute Gasteiger partial charge is 0.276 e. The van der Waals surface area contributed by atoms with Crippen molar-refractivity contribution in [2.45, 2.75) is 0 Å². The fourth-order valence-corrected chi connectivity index (χ4v) is 0.262. The van der Waals surface area contributed by atoms with E-state index in [0.717, 1.165) is 0 Å². The van der Waals surface area contributed by atoms with Gasteiger partial charge in [-0.3, -0.25) is 0 Å². The van der Waals surface area contributed by atoms with E-state index in [1.165, 1.54) is 12.3 Å². The third-order valence-electron chi connectivity index (χ3n) is 0.535. The summed E-state index contributed by atoms with van der Waals surface area (Å²) in [7, 11) is 0. The van der Waals surface area contributed by atoms with Crippen LogP contribution in [0, 0.1) is 0 Å². The molecule has 0 aliphatic rings. The lowest BCUT2D eigenvalue weighted by Gasteiger charge is -1.81. The summed E-state index contributed by atoms with van der Waals surface area (Å²) in [6, 6.07) is 1.51. The van der Waals surface area contributed by atoms with Crippen LogP contribution in [0.2, 0.25) is 0 Å². The number of aromatic nitrogens is 1. The van der Waals surface area contributed by atoms with Crippen molar-refractivity contribution in [3.05, 3.63) is 12.3 Å². The summed E-state index contributed by atoms with van der Waals surface area (Å²) in [5, 5.41) is 3.31. The summed E-state index contributed by atoms with van der Waals surface area (Å²) >= 11 is 0. The van der Waals surface area contributed by atoms with Crippen LogP contribution in [0.25, 0.3) is 0 Å². The summed E-state index contributed by atoms with van der Waals surface area (Å²) in [6.45, 7) is 0.